The molecule has 0 atom stereocenters. The first kappa shape index (κ1) is 21.7. The van der Waals surface area contributed by atoms with Crippen LogP contribution < -0.4 is 10.1 Å². The van der Waals surface area contributed by atoms with Crippen molar-refractivity contribution < 1.29 is 14.3 Å². The van der Waals surface area contributed by atoms with E-state index in [9.17, 15) is 9.59 Å². The number of benzene rings is 1. The maximum Gasteiger partial charge on any atom is 0.222 e. The summed E-state index contributed by atoms with van der Waals surface area (Å²) in [5.74, 6) is 0.979. The van der Waals surface area contributed by atoms with E-state index in [1.165, 1.54) is 12.5 Å². The molecule has 1 N–H and O–H groups in total. The average molecular weight is 439 g/mol. The minimum atomic E-state index is -0.00128. The molecule has 0 aliphatic carbocycles. The highest BCUT2D eigenvalue weighted by Gasteiger charge is 2.22. The van der Waals surface area contributed by atoms with Crippen molar-refractivity contribution >= 4 is 27.7 Å². The Hall–Kier alpha value is -1.56. The summed E-state index contributed by atoms with van der Waals surface area (Å²) in [5.41, 5.74) is 1.35. The first-order valence-corrected chi connectivity index (χ1v) is 10.4. The second-order valence-corrected chi connectivity index (χ2v) is 9.06. The van der Waals surface area contributed by atoms with Crippen molar-refractivity contribution in [2.45, 2.75) is 64.8 Å². The van der Waals surface area contributed by atoms with Gasteiger partial charge in [-0.05, 0) is 58.3 Å². The number of likely N-dealkylation sites (tertiary alicyclic amines) is 1. The minimum Gasteiger partial charge on any atom is -0.492 e. The summed E-state index contributed by atoms with van der Waals surface area (Å²) in [6.07, 6.45) is 2.84. The lowest BCUT2D eigenvalue weighted by molar-refractivity contribution is -0.132. The first-order valence-electron chi connectivity index (χ1n) is 9.64. The number of rotatable bonds is 6. The van der Waals surface area contributed by atoms with Gasteiger partial charge >= 0.3 is 0 Å². The maximum absolute atomic E-state index is 12.3. The van der Waals surface area contributed by atoms with Gasteiger partial charge in [0.15, 0.2) is 0 Å². The second-order valence-electron chi connectivity index (χ2n) is 8.20. The molecule has 1 heterocycles. The first-order chi connectivity index (χ1) is 12.7. The highest BCUT2D eigenvalue weighted by atomic mass is 79.9. The number of carbonyl (C=O) groups is 2. The number of carbonyl (C=O) groups excluding carboxylic acids is 2. The molecule has 2 amide bonds. The number of hydrogen-bond donors (Lipinski definition) is 1. The molecule has 1 aliphatic heterocycles. The Morgan fingerprint density at radius 2 is 1.93 bits per heavy atom. The Kier molecular flexibility index (Phi) is 7.71. The second kappa shape index (κ2) is 9.58. The highest BCUT2D eigenvalue weighted by molar-refractivity contribution is 9.10. The monoisotopic (exact) mass is 438 g/mol. The minimum absolute atomic E-state index is 0.00128. The van der Waals surface area contributed by atoms with Gasteiger partial charge in [0.05, 0.1) is 11.1 Å². The summed E-state index contributed by atoms with van der Waals surface area (Å²) in [6, 6.07) is 6.37. The van der Waals surface area contributed by atoms with Crippen molar-refractivity contribution in [3.8, 4) is 5.75 Å². The molecule has 1 aromatic rings. The van der Waals surface area contributed by atoms with Crippen LogP contribution in [0.15, 0.2) is 22.7 Å². The van der Waals surface area contributed by atoms with Crippen molar-refractivity contribution in [1.82, 2.24) is 10.2 Å². The molecule has 1 fully saturated rings. The third kappa shape index (κ3) is 6.83. The Morgan fingerprint density at radius 1 is 1.26 bits per heavy atom. The molecular formula is C21H31BrN2O3. The van der Waals surface area contributed by atoms with Gasteiger partial charge in [-0.25, -0.2) is 0 Å². The number of halogens is 1. The molecule has 5 nitrogen and oxygen atoms in total. The van der Waals surface area contributed by atoms with Gasteiger partial charge in [-0.1, -0.05) is 26.8 Å². The zero-order chi connectivity index (χ0) is 20.0. The van der Waals surface area contributed by atoms with Gasteiger partial charge in [-0.15, -0.1) is 0 Å². The molecule has 0 bridgehead atoms. The van der Waals surface area contributed by atoms with Gasteiger partial charge in [0, 0.05) is 32.5 Å². The molecule has 1 saturated heterocycles. The molecule has 1 aliphatic rings. The summed E-state index contributed by atoms with van der Waals surface area (Å²) >= 11 is 3.58. The third-order valence-corrected chi connectivity index (χ3v) is 5.47. The van der Waals surface area contributed by atoms with Gasteiger partial charge in [0.1, 0.15) is 5.75 Å². The van der Waals surface area contributed by atoms with Crippen molar-refractivity contribution in [3.63, 3.8) is 0 Å². The Bertz CT molecular complexity index is 662. The molecule has 2 rings (SSSR count). The molecule has 1 aromatic carbocycles. The zero-order valence-corrected chi connectivity index (χ0v) is 18.4. The van der Waals surface area contributed by atoms with Crippen molar-refractivity contribution in [3.05, 3.63) is 28.2 Å². The van der Waals surface area contributed by atoms with Gasteiger partial charge in [0.25, 0.3) is 0 Å². The molecule has 27 heavy (non-hydrogen) atoms. The van der Waals surface area contributed by atoms with Gasteiger partial charge in [-0.2, -0.15) is 0 Å². The molecule has 0 spiro atoms. The Balaban J connectivity index is 1.71. The maximum atomic E-state index is 12.3. The predicted octanol–water partition coefficient (Wildman–Crippen LogP) is 4.03. The largest absolute Gasteiger partial charge is 0.492 e. The number of hydrogen-bond acceptors (Lipinski definition) is 3. The summed E-state index contributed by atoms with van der Waals surface area (Å²) in [6.45, 7) is 10.0. The van der Waals surface area contributed by atoms with E-state index in [2.05, 4.69) is 54.2 Å². The summed E-state index contributed by atoms with van der Waals surface area (Å²) < 4.78 is 6.78. The lowest BCUT2D eigenvalue weighted by atomic mass is 9.87. The van der Waals surface area contributed by atoms with Crippen LogP contribution in [-0.4, -0.2) is 42.5 Å². The van der Waals surface area contributed by atoms with Crippen molar-refractivity contribution in [1.29, 1.82) is 0 Å². The highest BCUT2D eigenvalue weighted by Crippen LogP contribution is 2.31. The van der Waals surface area contributed by atoms with E-state index in [0.29, 0.717) is 32.5 Å². The number of piperidine rings is 1. The van der Waals surface area contributed by atoms with Crippen LogP contribution in [0.2, 0.25) is 0 Å². The number of nitrogens with one attached hydrogen (secondary N) is 1. The molecule has 0 radical (unpaired) electrons. The number of amides is 2. The van der Waals surface area contributed by atoms with Crippen molar-refractivity contribution in [2.24, 2.45) is 0 Å². The van der Waals surface area contributed by atoms with Gasteiger partial charge < -0.3 is 15.0 Å². The van der Waals surface area contributed by atoms with Gasteiger partial charge in [-0.3, -0.25) is 9.59 Å². The van der Waals surface area contributed by atoms with Crippen LogP contribution in [0, 0.1) is 0 Å². The van der Waals surface area contributed by atoms with Gasteiger partial charge in [0.2, 0.25) is 11.8 Å². The summed E-state index contributed by atoms with van der Waals surface area (Å²) in [5, 5.41) is 2.93. The van der Waals surface area contributed by atoms with E-state index in [-0.39, 0.29) is 23.3 Å². The third-order valence-electron chi connectivity index (χ3n) is 4.85. The molecule has 0 saturated carbocycles. The Labute approximate surface area is 171 Å². The van der Waals surface area contributed by atoms with Crippen LogP contribution in [0.4, 0.5) is 0 Å². The topological polar surface area (TPSA) is 58.6 Å². The van der Waals surface area contributed by atoms with Crippen LogP contribution in [0.1, 0.15) is 58.9 Å². The van der Waals surface area contributed by atoms with E-state index < -0.39 is 0 Å². The van der Waals surface area contributed by atoms with Crippen molar-refractivity contribution in [2.75, 3.05) is 19.7 Å². The molecule has 150 valence electrons. The lowest BCUT2D eigenvalue weighted by Crippen LogP contribution is -2.46. The van der Waals surface area contributed by atoms with Crippen LogP contribution in [0.5, 0.6) is 5.75 Å². The molecule has 0 aromatic heterocycles. The average Bonchev–Trinajstić information content (AvgIpc) is 2.58. The van der Waals surface area contributed by atoms with E-state index in [1.807, 2.05) is 11.0 Å². The lowest BCUT2D eigenvalue weighted by Gasteiger charge is -2.32. The van der Waals surface area contributed by atoms with E-state index in [0.717, 1.165) is 23.1 Å². The number of ether oxygens (including phenoxy) is 1. The smallest absolute Gasteiger partial charge is 0.222 e. The SMILES string of the molecule is CC(=O)NC1CCN(C(=O)CCCOc2ccc(C(C)(C)C)cc2Br)CC1. The molecular weight excluding hydrogens is 408 g/mol. The van der Waals surface area contributed by atoms with Crippen LogP contribution >= 0.6 is 15.9 Å². The van der Waals surface area contributed by atoms with E-state index in [1.54, 1.807) is 0 Å². The molecule has 0 unspecified atom stereocenters. The zero-order valence-electron chi connectivity index (χ0n) is 16.8. The number of nitrogens with zero attached hydrogens (tertiary/aromatic N) is 1. The predicted molar refractivity (Wildman–Crippen MR) is 111 cm³/mol. The fourth-order valence-electron chi connectivity index (χ4n) is 3.21. The van der Waals surface area contributed by atoms with E-state index >= 15 is 0 Å². The quantitative estimate of drug-likeness (QED) is 0.681. The molecule has 6 heteroatoms. The fraction of sp³-hybridized carbons (Fsp3) is 0.619. The van der Waals surface area contributed by atoms with Crippen LogP contribution in [0.25, 0.3) is 0 Å². The standard InChI is InChI=1S/C21H31BrN2O3/c1-15(25)23-17-9-11-24(12-10-17)20(26)6-5-13-27-19-8-7-16(14-18(19)22)21(2,3)4/h7-8,14,17H,5-6,9-13H2,1-4H3,(H,23,25). The van der Waals surface area contributed by atoms with Crippen LogP contribution in [0.3, 0.4) is 0 Å². The fourth-order valence-corrected chi connectivity index (χ4v) is 3.70. The van der Waals surface area contributed by atoms with Crippen LogP contribution in [-0.2, 0) is 15.0 Å². The summed E-state index contributed by atoms with van der Waals surface area (Å²) in [4.78, 5) is 25.3. The summed E-state index contributed by atoms with van der Waals surface area (Å²) in [7, 11) is 0. The van der Waals surface area contributed by atoms with E-state index in [4.69, 9.17) is 4.74 Å². The normalized spacial score (nSPS) is 15.5. The Morgan fingerprint density at radius 3 is 2.48 bits per heavy atom.